The molecule has 7 heteroatoms. The number of carbonyl (C=O) groups is 1. The van der Waals surface area contributed by atoms with E-state index in [0.717, 1.165) is 18.5 Å². The number of halogens is 2. The van der Waals surface area contributed by atoms with Gasteiger partial charge in [-0.15, -0.1) is 0 Å². The molecule has 0 saturated carbocycles. The van der Waals surface area contributed by atoms with Gasteiger partial charge in [0.05, 0.1) is 30.3 Å². The zero-order chi connectivity index (χ0) is 16.9. The quantitative estimate of drug-likeness (QED) is 0.865. The number of hydrogen-bond donors (Lipinski definition) is 2. The van der Waals surface area contributed by atoms with Crippen LogP contribution >= 0.6 is 11.6 Å². The first-order valence-electron chi connectivity index (χ1n) is 8.28. The Morgan fingerprint density at radius 2 is 2.29 bits per heavy atom. The maximum atomic E-state index is 13.8. The molecule has 0 aromatic heterocycles. The molecule has 132 valence electrons. The number of ether oxygens (including phenoxy) is 2. The van der Waals surface area contributed by atoms with Crippen LogP contribution in [0.25, 0.3) is 0 Å². The molecule has 1 unspecified atom stereocenters. The molecule has 2 N–H and O–H groups in total. The molecule has 5 nitrogen and oxygen atoms in total. The summed E-state index contributed by atoms with van der Waals surface area (Å²) < 4.78 is 25.0. The van der Waals surface area contributed by atoms with Crippen molar-refractivity contribution in [1.82, 2.24) is 10.6 Å². The van der Waals surface area contributed by atoms with Crippen molar-refractivity contribution in [2.24, 2.45) is 11.8 Å². The Morgan fingerprint density at radius 3 is 3.04 bits per heavy atom. The molecule has 2 aliphatic heterocycles. The summed E-state index contributed by atoms with van der Waals surface area (Å²) in [4.78, 5) is 12.2. The highest BCUT2D eigenvalue weighted by Crippen LogP contribution is 2.29. The summed E-state index contributed by atoms with van der Waals surface area (Å²) in [6.07, 6.45) is 0.476. The van der Waals surface area contributed by atoms with Gasteiger partial charge >= 0.3 is 0 Å². The Bertz CT molecular complexity index is 581. The van der Waals surface area contributed by atoms with Crippen molar-refractivity contribution in [3.05, 3.63) is 34.6 Å². The van der Waals surface area contributed by atoms with Crippen molar-refractivity contribution in [2.75, 3.05) is 39.5 Å². The Kier molecular flexibility index (Phi) is 6.05. The predicted molar refractivity (Wildman–Crippen MR) is 88.4 cm³/mol. The number of carbonyl (C=O) groups excluding carboxylic acids is 1. The zero-order valence-electron chi connectivity index (χ0n) is 13.4. The van der Waals surface area contributed by atoms with E-state index in [0.29, 0.717) is 32.9 Å². The fourth-order valence-electron chi connectivity index (χ4n) is 3.14. The summed E-state index contributed by atoms with van der Waals surface area (Å²) in [6, 6.07) is 4.73. The second-order valence-electron chi connectivity index (χ2n) is 6.23. The van der Waals surface area contributed by atoms with Gasteiger partial charge in [-0.05, 0) is 24.1 Å². The molecule has 1 aromatic rings. The van der Waals surface area contributed by atoms with Gasteiger partial charge in [-0.1, -0.05) is 17.7 Å². The summed E-state index contributed by atoms with van der Waals surface area (Å²) in [5.74, 6) is -0.505. The number of nitrogens with one attached hydrogen (secondary N) is 2. The third kappa shape index (κ3) is 4.25. The van der Waals surface area contributed by atoms with Crippen LogP contribution in [0, 0.1) is 17.7 Å². The minimum Gasteiger partial charge on any atom is -0.381 e. The zero-order valence-corrected chi connectivity index (χ0v) is 14.2. The Hall–Kier alpha value is -1.21. The SMILES string of the molecule is O=C(NC[C@@H]1CNCCO[C@H]1c1ccc(Cl)c(F)c1)C1CCOC1. The van der Waals surface area contributed by atoms with Crippen LogP contribution in [0.15, 0.2) is 18.2 Å². The third-order valence-corrected chi connectivity index (χ3v) is 4.83. The largest absolute Gasteiger partial charge is 0.381 e. The normalized spacial score (nSPS) is 27.7. The molecule has 0 bridgehead atoms. The predicted octanol–water partition coefficient (Wildman–Crippen LogP) is 1.91. The van der Waals surface area contributed by atoms with Crippen LogP contribution in [0.3, 0.4) is 0 Å². The van der Waals surface area contributed by atoms with Gasteiger partial charge in [-0.2, -0.15) is 0 Å². The molecule has 2 fully saturated rings. The minimum atomic E-state index is -0.458. The smallest absolute Gasteiger partial charge is 0.225 e. The molecule has 3 atom stereocenters. The van der Waals surface area contributed by atoms with Crippen molar-refractivity contribution >= 4 is 17.5 Å². The fourth-order valence-corrected chi connectivity index (χ4v) is 3.26. The van der Waals surface area contributed by atoms with E-state index in [1.807, 2.05) is 0 Å². The molecular weight excluding hydrogens is 335 g/mol. The van der Waals surface area contributed by atoms with E-state index in [1.165, 1.54) is 6.07 Å². The van der Waals surface area contributed by atoms with E-state index in [1.54, 1.807) is 12.1 Å². The molecule has 3 rings (SSSR count). The van der Waals surface area contributed by atoms with Crippen molar-refractivity contribution in [3.63, 3.8) is 0 Å². The van der Waals surface area contributed by atoms with Gasteiger partial charge in [0.25, 0.3) is 0 Å². The number of benzene rings is 1. The molecular formula is C17H22ClFN2O3. The Balaban J connectivity index is 1.67. The first-order valence-corrected chi connectivity index (χ1v) is 8.65. The lowest BCUT2D eigenvalue weighted by molar-refractivity contribution is -0.125. The number of hydrogen-bond acceptors (Lipinski definition) is 4. The Labute approximate surface area is 145 Å². The maximum absolute atomic E-state index is 13.8. The highest BCUT2D eigenvalue weighted by atomic mass is 35.5. The first kappa shape index (κ1) is 17.6. The molecule has 24 heavy (non-hydrogen) atoms. The summed E-state index contributed by atoms with van der Waals surface area (Å²) in [5.41, 5.74) is 0.740. The van der Waals surface area contributed by atoms with E-state index in [2.05, 4.69) is 10.6 Å². The van der Waals surface area contributed by atoms with Crippen molar-refractivity contribution in [1.29, 1.82) is 0 Å². The van der Waals surface area contributed by atoms with E-state index < -0.39 is 5.82 Å². The molecule has 1 aromatic carbocycles. The highest BCUT2D eigenvalue weighted by molar-refractivity contribution is 6.30. The topological polar surface area (TPSA) is 59.6 Å². The molecule has 0 aliphatic carbocycles. The van der Waals surface area contributed by atoms with Gasteiger partial charge in [0.2, 0.25) is 5.91 Å². The van der Waals surface area contributed by atoms with Gasteiger partial charge in [0.15, 0.2) is 0 Å². The maximum Gasteiger partial charge on any atom is 0.225 e. The minimum absolute atomic E-state index is 0.0118. The van der Waals surface area contributed by atoms with Gasteiger partial charge in [-0.25, -0.2) is 4.39 Å². The summed E-state index contributed by atoms with van der Waals surface area (Å²) in [6.45, 7) is 3.55. The lowest BCUT2D eigenvalue weighted by Crippen LogP contribution is -2.39. The van der Waals surface area contributed by atoms with Gasteiger partial charge < -0.3 is 20.1 Å². The lowest BCUT2D eigenvalue weighted by atomic mass is 9.95. The van der Waals surface area contributed by atoms with Crippen LogP contribution < -0.4 is 10.6 Å². The number of rotatable bonds is 4. The molecule has 1 amide bonds. The summed E-state index contributed by atoms with van der Waals surface area (Å²) >= 11 is 5.77. The van der Waals surface area contributed by atoms with Crippen molar-refractivity contribution < 1.29 is 18.7 Å². The van der Waals surface area contributed by atoms with E-state index in [4.69, 9.17) is 21.1 Å². The molecule has 2 heterocycles. The molecule has 2 aliphatic rings. The molecule has 0 radical (unpaired) electrons. The fraction of sp³-hybridized carbons (Fsp3) is 0.588. The van der Waals surface area contributed by atoms with Gasteiger partial charge in [-0.3, -0.25) is 4.79 Å². The van der Waals surface area contributed by atoms with Gasteiger partial charge in [0, 0.05) is 32.2 Å². The van der Waals surface area contributed by atoms with Crippen LogP contribution in [-0.4, -0.2) is 45.4 Å². The van der Waals surface area contributed by atoms with Gasteiger partial charge in [0.1, 0.15) is 5.82 Å². The monoisotopic (exact) mass is 356 g/mol. The summed E-state index contributed by atoms with van der Waals surface area (Å²) in [7, 11) is 0. The van der Waals surface area contributed by atoms with Crippen LogP contribution in [0.5, 0.6) is 0 Å². The highest BCUT2D eigenvalue weighted by Gasteiger charge is 2.29. The van der Waals surface area contributed by atoms with E-state index in [-0.39, 0.29) is 28.9 Å². The standard InChI is InChI=1S/C17H22ClFN2O3/c18-14-2-1-11(7-15(14)19)16-13(8-20-4-6-24-16)9-21-17(22)12-3-5-23-10-12/h1-2,7,12-13,16,20H,3-6,8-10H2,(H,21,22)/t12?,13-,16-/m0/s1. The second kappa shape index (κ2) is 8.25. The average molecular weight is 357 g/mol. The van der Waals surface area contributed by atoms with Crippen molar-refractivity contribution in [2.45, 2.75) is 12.5 Å². The van der Waals surface area contributed by atoms with Crippen LogP contribution in [0.2, 0.25) is 5.02 Å². The average Bonchev–Trinajstić information content (AvgIpc) is 3.02. The van der Waals surface area contributed by atoms with Crippen LogP contribution in [0.1, 0.15) is 18.1 Å². The number of amides is 1. The molecule has 2 saturated heterocycles. The third-order valence-electron chi connectivity index (χ3n) is 4.52. The second-order valence-corrected chi connectivity index (χ2v) is 6.64. The van der Waals surface area contributed by atoms with Crippen molar-refractivity contribution in [3.8, 4) is 0 Å². The van der Waals surface area contributed by atoms with E-state index >= 15 is 0 Å². The lowest BCUT2D eigenvalue weighted by Gasteiger charge is -2.26. The summed E-state index contributed by atoms with van der Waals surface area (Å²) in [5, 5.41) is 6.38. The molecule has 0 spiro atoms. The van der Waals surface area contributed by atoms with Crippen LogP contribution in [-0.2, 0) is 14.3 Å². The first-order chi connectivity index (χ1) is 11.6. The van der Waals surface area contributed by atoms with E-state index in [9.17, 15) is 9.18 Å². The Morgan fingerprint density at radius 1 is 1.42 bits per heavy atom. The van der Waals surface area contributed by atoms with Crippen LogP contribution in [0.4, 0.5) is 4.39 Å².